The van der Waals surface area contributed by atoms with Crippen LogP contribution in [0.4, 0.5) is 0 Å². The molecule has 30 atom stereocenters. The predicted octanol–water partition coefficient (Wildman–Crippen LogP) is -1.44. The van der Waals surface area contributed by atoms with Crippen LogP contribution >= 0.6 is 25.3 Å². The van der Waals surface area contributed by atoms with Crippen LogP contribution in [0.1, 0.15) is 12.8 Å². The Morgan fingerprint density at radius 2 is 0.495 bits per heavy atom. The van der Waals surface area contributed by atoms with Crippen molar-refractivity contribution in [2.45, 2.75) is 197 Å². The summed E-state index contributed by atoms with van der Waals surface area (Å²) < 4.78 is 183. The van der Waals surface area contributed by atoms with Crippen LogP contribution in [0.5, 0.6) is 0 Å². The Labute approximate surface area is 568 Å². The molecule has 6 aliphatic heterocycles. The number of nitrogens with one attached hydrogen (secondary N) is 2. The lowest BCUT2D eigenvalue weighted by Gasteiger charge is -2.52. The van der Waals surface area contributed by atoms with Crippen LogP contribution in [0, 0.1) is 0 Å². The molecule has 0 radical (unpaired) electrons. The highest BCUT2D eigenvalue weighted by Gasteiger charge is 2.60. The van der Waals surface area contributed by atoms with E-state index in [1.807, 2.05) is 0 Å². The molecular formula is C60H108N2O31S2. The van der Waals surface area contributed by atoms with Crippen LogP contribution in [-0.4, -0.2) is 375 Å². The van der Waals surface area contributed by atoms with E-state index in [-0.39, 0.29) is 64.3 Å². The Morgan fingerprint density at radius 1 is 0.274 bits per heavy atom. The van der Waals surface area contributed by atoms with Gasteiger partial charge in [0.05, 0.1) is 45.7 Å². The first-order valence-electron chi connectivity index (χ1n) is 31.4. The molecule has 2 N–H and O–H groups in total. The number of amides is 2. The first-order chi connectivity index (χ1) is 46.1. The van der Waals surface area contributed by atoms with Crippen molar-refractivity contribution in [1.29, 1.82) is 0 Å². The molecule has 6 rings (SSSR count). The van der Waals surface area contributed by atoms with Gasteiger partial charge in [-0.05, 0) is 11.5 Å². The summed E-state index contributed by atoms with van der Waals surface area (Å²) in [5.41, 5.74) is 0. The molecule has 6 saturated heterocycles. The molecule has 0 aromatic carbocycles. The third-order valence-electron chi connectivity index (χ3n) is 17.7. The number of carbonyl (C=O) groups excluding carboxylic acids is 2. The van der Waals surface area contributed by atoms with Crippen molar-refractivity contribution in [2.24, 2.45) is 0 Å². The maximum atomic E-state index is 12.9. The van der Waals surface area contributed by atoms with E-state index in [2.05, 4.69) is 35.9 Å². The van der Waals surface area contributed by atoms with E-state index in [9.17, 15) is 9.59 Å². The summed E-state index contributed by atoms with van der Waals surface area (Å²) in [7, 11) is 27.0. The second-order valence-corrected chi connectivity index (χ2v) is 24.0. The molecule has 0 spiro atoms. The van der Waals surface area contributed by atoms with Crippen molar-refractivity contribution in [3.63, 3.8) is 0 Å². The minimum Gasteiger partial charge on any atom is -0.382 e. The zero-order chi connectivity index (χ0) is 69.5. The summed E-state index contributed by atoms with van der Waals surface area (Å²) in [6.45, 7) is -0.0329. The highest BCUT2D eigenvalue weighted by Crippen LogP contribution is 2.41. The van der Waals surface area contributed by atoms with E-state index in [1.165, 1.54) is 128 Å². The predicted molar refractivity (Wildman–Crippen MR) is 334 cm³/mol. The second kappa shape index (κ2) is 42.2. The van der Waals surface area contributed by atoms with Gasteiger partial charge < -0.3 is 148 Å². The zero-order valence-electron chi connectivity index (χ0n) is 57.9. The SMILES string of the molecule is COC[C@H]1O[C@H](O[C@H]2[C@H](OC)[C@@H](OC)[C@@H](O[C@H]3[C@H](OC)[C@@H](OC)[C@@H](O[C@H]4[C@H](OC)[C@@H](OC)[C@@H](O[C@H]5[C@H](OC)[C@@H](OC)[C@@H](O[C@H]6[C@H](OC)[C@@H](OC)[C@H](NC(=O)CCS)O[C@@H]6COC)O[C@@H]5COC)O[C@@H]4COC)O[C@@H]3COC)O[C@@H]2COC)[C@H](OC)[C@@H](OC)[C@H]1NC(=O)CCS. The molecule has 0 aromatic rings. The first-order valence-corrected chi connectivity index (χ1v) is 32.6. The summed E-state index contributed by atoms with van der Waals surface area (Å²) in [5, 5.41) is 5.87. The Bertz CT molecular complexity index is 2150. The third-order valence-corrected chi connectivity index (χ3v) is 18.1. The van der Waals surface area contributed by atoms with E-state index in [0.29, 0.717) is 11.5 Å². The highest BCUT2D eigenvalue weighted by atomic mass is 32.1. The molecule has 6 heterocycles. The largest absolute Gasteiger partial charge is 0.382 e. The van der Waals surface area contributed by atoms with Gasteiger partial charge in [-0.1, -0.05) is 0 Å². The van der Waals surface area contributed by atoms with Crippen LogP contribution in [0.25, 0.3) is 0 Å². The van der Waals surface area contributed by atoms with Crippen LogP contribution in [0.15, 0.2) is 0 Å². The fourth-order valence-corrected chi connectivity index (χ4v) is 13.8. The van der Waals surface area contributed by atoms with Gasteiger partial charge in [0.25, 0.3) is 0 Å². The second-order valence-electron chi connectivity index (χ2n) is 23.1. The maximum absolute atomic E-state index is 12.9. The van der Waals surface area contributed by atoms with Crippen molar-refractivity contribution in [2.75, 3.05) is 179 Å². The molecule has 0 saturated carbocycles. The smallest absolute Gasteiger partial charge is 0.222 e. The first kappa shape index (κ1) is 82.4. The molecule has 0 unspecified atom stereocenters. The molecule has 6 fully saturated rings. The lowest BCUT2D eigenvalue weighted by atomic mass is 9.94. The topological polar surface area (TPSA) is 326 Å². The lowest BCUT2D eigenvalue weighted by molar-refractivity contribution is -0.400. The van der Waals surface area contributed by atoms with Crippen molar-refractivity contribution in [1.82, 2.24) is 10.6 Å². The monoisotopic (exact) mass is 1420 g/mol. The Balaban J connectivity index is 1.23. The van der Waals surface area contributed by atoms with Gasteiger partial charge in [-0.3, -0.25) is 9.59 Å². The van der Waals surface area contributed by atoms with Crippen molar-refractivity contribution < 1.29 is 147 Å². The molecule has 6 aliphatic rings. The fraction of sp³-hybridized carbons (Fsp3) is 0.967. The van der Waals surface area contributed by atoms with Gasteiger partial charge in [0.2, 0.25) is 11.8 Å². The van der Waals surface area contributed by atoms with Gasteiger partial charge in [0, 0.05) is 141 Å². The number of methoxy groups -OCH3 is 18. The van der Waals surface area contributed by atoms with Crippen LogP contribution in [0.3, 0.4) is 0 Å². The van der Waals surface area contributed by atoms with Gasteiger partial charge in [-0.15, -0.1) is 0 Å². The molecule has 2 amide bonds. The van der Waals surface area contributed by atoms with E-state index >= 15 is 0 Å². The van der Waals surface area contributed by atoms with Gasteiger partial charge >= 0.3 is 0 Å². The van der Waals surface area contributed by atoms with Crippen LogP contribution in [0.2, 0.25) is 0 Å². The number of rotatable bonds is 40. The van der Waals surface area contributed by atoms with Gasteiger partial charge in [-0.25, -0.2) is 0 Å². The quantitative estimate of drug-likeness (QED) is 0.0511. The van der Waals surface area contributed by atoms with Crippen molar-refractivity contribution in [3.05, 3.63) is 0 Å². The van der Waals surface area contributed by atoms with E-state index in [4.69, 9.17) is 137 Å². The summed E-state index contributed by atoms with van der Waals surface area (Å²) in [4.78, 5) is 25.7. The van der Waals surface area contributed by atoms with E-state index < -0.39 is 184 Å². The Kier molecular flexibility index (Phi) is 36.6. The van der Waals surface area contributed by atoms with Crippen LogP contribution < -0.4 is 10.6 Å². The van der Waals surface area contributed by atoms with E-state index in [1.54, 1.807) is 0 Å². The van der Waals surface area contributed by atoms with Gasteiger partial charge in [0.1, 0.15) is 140 Å². The number of carbonyl (C=O) groups is 2. The summed E-state index contributed by atoms with van der Waals surface area (Å²) in [6.07, 6.45) is -27.8. The number of thiol groups is 2. The minimum absolute atomic E-state index is 0.0177. The standard InChI is InChI=1S/C60H108N2O31S2/c1-65-23-29-37(61-35(63)19-21-94)43(71-7)50(78-14)56(84-29)90-39-31(25-67-3)86-58(52(80-16)45(39)73-9)92-41-33(27-69-5)88-60(54(82-18)47(41)75-11)93-42-34(28-70-6)87-59(53(81-17)48(42)76-12)91-40-32(26-68-4)85-57(51(79-15)46(40)74-10)89-38-30(24-66-2)83-55(62-36(64)20-22-95)49(77-13)44(38)72-8/h29-34,37-60,94-95H,19-28H2,1-18H3,(H,61,63)(H,62,64)/t29-,30-,31-,32-,33-,34-,37+,38-,39-,40-,41-,42-,43+,44+,45+,46+,47+,48+,49-,50-,51-,52-,53-,54-,55-,56-,57-,58-,59-,60-/m1/s1. The lowest BCUT2D eigenvalue weighted by Crippen LogP contribution is -2.70. The van der Waals surface area contributed by atoms with Crippen molar-refractivity contribution in [3.8, 4) is 0 Å². The molecule has 35 heteroatoms. The molecule has 0 aliphatic carbocycles. The van der Waals surface area contributed by atoms with Gasteiger partial charge in [-0.2, -0.15) is 25.3 Å². The minimum atomic E-state index is -1.23. The third kappa shape index (κ3) is 20.0. The molecule has 0 bridgehead atoms. The summed E-state index contributed by atoms with van der Waals surface area (Å²) in [6, 6.07) is -0.688. The normalized spacial score (nSPS) is 41.0. The average molecular weight is 1420 g/mol. The average Bonchev–Trinajstić information content (AvgIpc) is 0.790. The Morgan fingerprint density at radius 3 is 0.747 bits per heavy atom. The number of ether oxygens (including phenoxy) is 29. The molecule has 33 nitrogen and oxygen atoms in total. The Hall–Kier alpha value is -1.52. The summed E-state index contributed by atoms with van der Waals surface area (Å²) in [5.74, 6) is 0.110. The van der Waals surface area contributed by atoms with Gasteiger partial charge in [0.15, 0.2) is 37.7 Å². The highest BCUT2D eigenvalue weighted by molar-refractivity contribution is 7.80. The van der Waals surface area contributed by atoms with E-state index in [0.717, 1.165) is 0 Å². The fourth-order valence-electron chi connectivity index (χ4n) is 13.4. The maximum Gasteiger partial charge on any atom is 0.222 e. The molecule has 95 heavy (non-hydrogen) atoms. The molecular weight excluding hydrogens is 1310 g/mol. The van der Waals surface area contributed by atoms with Crippen molar-refractivity contribution >= 4 is 37.1 Å². The number of hydrogen-bond acceptors (Lipinski definition) is 33. The summed E-state index contributed by atoms with van der Waals surface area (Å²) >= 11 is 8.44. The zero-order valence-corrected chi connectivity index (χ0v) is 59.7. The number of hydrogen-bond donors (Lipinski definition) is 4. The molecule has 556 valence electrons. The van der Waals surface area contributed by atoms with Crippen LogP contribution in [-0.2, 0) is 147 Å². The molecule has 0 aromatic heterocycles.